The zero-order valence-electron chi connectivity index (χ0n) is 17.2. The summed E-state index contributed by atoms with van der Waals surface area (Å²) in [6, 6.07) is 9.37. The molecule has 150 valence electrons. The van der Waals surface area contributed by atoms with Crippen molar-refractivity contribution in [2.45, 2.75) is 57.0 Å². The molecule has 5 nitrogen and oxygen atoms in total. The van der Waals surface area contributed by atoms with Crippen molar-refractivity contribution in [3.63, 3.8) is 0 Å². The second-order valence-electron chi connectivity index (χ2n) is 8.53. The zero-order valence-corrected chi connectivity index (χ0v) is 17.2. The minimum absolute atomic E-state index is 0.465. The average molecular weight is 380 g/mol. The monoisotopic (exact) mass is 379 g/mol. The molecule has 0 bridgehead atoms. The second kappa shape index (κ2) is 8.91. The van der Waals surface area contributed by atoms with E-state index in [1.165, 1.54) is 51.5 Å². The Morgan fingerprint density at radius 3 is 2.50 bits per heavy atom. The van der Waals surface area contributed by atoms with E-state index in [1.54, 1.807) is 0 Å². The Balaban J connectivity index is 1.32. The number of hydrogen-bond donors (Lipinski definition) is 2. The lowest BCUT2D eigenvalue weighted by molar-refractivity contribution is 0.324. The molecule has 2 aliphatic carbocycles. The Morgan fingerprint density at radius 1 is 0.964 bits per heavy atom. The molecular weight excluding hydrogens is 346 g/mol. The zero-order chi connectivity index (χ0) is 19.3. The van der Waals surface area contributed by atoms with Crippen LogP contribution in [0, 0.1) is 5.92 Å². The fourth-order valence-corrected chi connectivity index (χ4v) is 4.46. The molecule has 1 unspecified atom stereocenters. The summed E-state index contributed by atoms with van der Waals surface area (Å²) in [4.78, 5) is 11.6. The summed E-state index contributed by atoms with van der Waals surface area (Å²) < 4.78 is 0. The van der Waals surface area contributed by atoms with Crippen molar-refractivity contribution in [1.29, 1.82) is 0 Å². The second-order valence-corrected chi connectivity index (χ2v) is 8.53. The number of para-hydroxylation sites is 1. The third-order valence-corrected chi connectivity index (χ3v) is 6.14. The maximum atomic E-state index is 4.79. The van der Waals surface area contributed by atoms with Gasteiger partial charge >= 0.3 is 0 Å². The van der Waals surface area contributed by atoms with Crippen molar-refractivity contribution in [2.75, 3.05) is 30.9 Å². The first-order valence-electron chi connectivity index (χ1n) is 10.8. The molecule has 0 spiro atoms. The first-order valence-corrected chi connectivity index (χ1v) is 10.8. The van der Waals surface area contributed by atoms with E-state index in [2.05, 4.69) is 39.8 Å². The normalized spacial score (nSPS) is 25.0. The number of benzene rings is 1. The van der Waals surface area contributed by atoms with Gasteiger partial charge in [0.05, 0.1) is 5.52 Å². The van der Waals surface area contributed by atoms with E-state index in [4.69, 9.17) is 9.97 Å². The van der Waals surface area contributed by atoms with Gasteiger partial charge in [-0.1, -0.05) is 24.3 Å². The summed E-state index contributed by atoms with van der Waals surface area (Å²) in [5, 5.41) is 8.53. The lowest BCUT2D eigenvalue weighted by atomic mass is 9.89. The molecule has 5 heteroatoms. The van der Waals surface area contributed by atoms with Gasteiger partial charge in [-0.25, -0.2) is 4.98 Å². The van der Waals surface area contributed by atoms with Gasteiger partial charge in [-0.3, -0.25) is 0 Å². The van der Waals surface area contributed by atoms with E-state index in [9.17, 15) is 0 Å². The van der Waals surface area contributed by atoms with Crippen LogP contribution >= 0.6 is 0 Å². The van der Waals surface area contributed by atoms with Crippen LogP contribution in [0.3, 0.4) is 0 Å². The molecule has 2 aromatic rings. The number of allylic oxidation sites excluding steroid dienone is 2. The van der Waals surface area contributed by atoms with E-state index in [0.29, 0.717) is 12.1 Å². The van der Waals surface area contributed by atoms with Gasteiger partial charge in [-0.2, -0.15) is 4.98 Å². The third kappa shape index (κ3) is 4.64. The summed E-state index contributed by atoms with van der Waals surface area (Å²) in [6.45, 7) is 1.17. The number of fused-ring (bicyclic) bond motifs is 1. The Hall–Kier alpha value is -2.14. The molecule has 0 saturated heterocycles. The maximum absolute atomic E-state index is 4.79. The van der Waals surface area contributed by atoms with Gasteiger partial charge in [-0.15, -0.1) is 0 Å². The highest BCUT2D eigenvalue weighted by molar-refractivity contribution is 5.90. The van der Waals surface area contributed by atoms with Gasteiger partial charge in [0, 0.05) is 31.6 Å². The average Bonchev–Trinajstić information content (AvgIpc) is 2.73. The first kappa shape index (κ1) is 19.2. The number of rotatable bonds is 6. The van der Waals surface area contributed by atoms with Crippen LogP contribution in [0.5, 0.6) is 0 Å². The predicted octanol–water partition coefficient (Wildman–Crippen LogP) is 4.36. The van der Waals surface area contributed by atoms with Gasteiger partial charge in [0.15, 0.2) is 0 Å². The van der Waals surface area contributed by atoms with Crippen LogP contribution in [0.4, 0.5) is 11.8 Å². The molecule has 28 heavy (non-hydrogen) atoms. The molecule has 0 aliphatic heterocycles. The largest absolute Gasteiger partial charge is 0.362 e. The molecule has 0 amide bonds. The van der Waals surface area contributed by atoms with Gasteiger partial charge in [0.2, 0.25) is 5.95 Å². The topological polar surface area (TPSA) is 53.1 Å². The minimum atomic E-state index is 0.465. The summed E-state index contributed by atoms with van der Waals surface area (Å²) >= 11 is 0. The van der Waals surface area contributed by atoms with Gasteiger partial charge in [-0.05, 0) is 69.5 Å². The predicted molar refractivity (Wildman–Crippen MR) is 118 cm³/mol. The fraction of sp³-hybridized carbons (Fsp3) is 0.565. The van der Waals surface area contributed by atoms with Crippen molar-refractivity contribution >= 4 is 22.7 Å². The standard InChI is InChI=1S/C23H33N5/c1-28(2)22-20-10-6-7-11-21(20)26-23(27-22)25-19-14-12-18(13-15-19)24-16-17-8-4-3-5-9-17/h3-4,6-7,10-11,17-19,24H,5,8-9,12-16H2,1-2H3,(H,25,26,27). The van der Waals surface area contributed by atoms with Crippen LogP contribution in [0.25, 0.3) is 10.9 Å². The quantitative estimate of drug-likeness (QED) is 0.730. The molecule has 1 aromatic heterocycles. The molecule has 1 heterocycles. The molecule has 2 aliphatic rings. The SMILES string of the molecule is CN(C)c1nc(NC2CCC(NCC3CC=CCC3)CC2)nc2ccccc12. The molecule has 1 aromatic carbocycles. The van der Waals surface area contributed by atoms with Crippen molar-refractivity contribution in [1.82, 2.24) is 15.3 Å². The molecule has 4 rings (SSSR count). The lowest BCUT2D eigenvalue weighted by Crippen LogP contribution is -2.39. The van der Waals surface area contributed by atoms with E-state index in [0.717, 1.165) is 28.6 Å². The highest BCUT2D eigenvalue weighted by Crippen LogP contribution is 2.26. The minimum Gasteiger partial charge on any atom is -0.362 e. The maximum Gasteiger partial charge on any atom is 0.225 e. The van der Waals surface area contributed by atoms with Gasteiger partial charge < -0.3 is 15.5 Å². The van der Waals surface area contributed by atoms with Gasteiger partial charge in [0.1, 0.15) is 5.82 Å². The van der Waals surface area contributed by atoms with Crippen molar-refractivity contribution in [2.24, 2.45) is 5.92 Å². The van der Waals surface area contributed by atoms with Crippen molar-refractivity contribution < 1.29 is 0 Å². The van der Waals surface area contributed by atoms with Crippen molar-refractivity contribution in [3.8, 4) is 0 Å². The number of nitrogens with one attached hydrogen (secondary N) is 2. The van der Waals surface area contributed by atoms with E-state index < -0.39 is 0 Å². The summed E-state index contributed by atoms with van der Waals surface area (Å²) in [7, 11) is 4.08. The van der Waals surface area contributed by atoms with Gasteiger partial charge in [0.25, 0.3) is 0 Å². The van der Waals surface area contributed by atoms with Crippen LogP contribution in [-0.2, 0) is 0 Å². The third-order valence-electron chi connectivity index (χ3n) is 6.14. The van der Waals surface area contributed by atoms with Crippen LogP contribution in [0.2, 0.25) is 0 Å². The first-order chi connectivity index (χ1) is 13.7. The Morgan fingerprint density at radius 2 is 1.75 bits per heavy atom. The number of anilines is 2. The van der Waals surface area contributed by atoms with Crippen LogP contribution in [-0.4, -0.2) is 42.7 Å². The summed E-state index contributed by atoms with van der Waals surface area (Å²) in [5.41, 5.74) is 1.00. The van der Waals surface area contributed by atoms with E-state index >= 15 is 0 Å². The van der Waals surface area contributed by atoms with Crippen LogP contribution in [0.1, 0.15) is 44.9 Å². The lowest BCUT2D eigenvalue weighted by Gasteiger charge is -2.31. The molecule has 1 saturated carbocycles. The number of aromatic nitrogens is 2. The smallest absolute Gasteiger partial charge is 0.225 e. The Kier molecular flexibility index (Phi) is 6.10. The Labute approximate surface area is 168 Å². The molecule has 2 N–H and O–H groups in total. The highest BCUT2D eigenvalue weighted by Gasteiger charge is 2.23. The molecule has 1 atom stereocenters. The molecule has 1 fully saturated rings. The Bertz CT molecular complexity index is 808. The summed E-state index contributed by atoms with van der Waals surface area (Å²) in [6.07, 6.45) is 13.3. The number of nitrogens with zero attached hydrogens (tertiary/aromatic N) is 3. The number of hydrogen-bond acceptors (Lipinski definition) is 5. The van der Waals surface area contributed by atoms with E-state index in [1.807, 2.05) is 26.2 Å². The highest BCUT2D eigenvalue weighted by atomic mass is 15.2. The van der Waals surface area contributed by atoms with Crippen molar-refractivity contribution in [3.05, 3.63) is 36.4 Å². The van der Waals surface area contributed by atoms with Crippen LogP contribution < -0.4 is 15.5 Å². The summed E-state index contributed by atoms with van der Waals surface area (Å²) in [5.74, 6) is 2.56. The van der Waals surface area contributed by atoms with E-state index in [-0.39, 0.29) is 0 Å². The molecular formula is C23H33N5. The fourth-order valence-electron chi connectivity index (χ4n) is 4.46. The molecule has 0 radical (unpaired) electrons. The van der Waals surface area contributed by atoms with Crippen LogP contribution in [0.15, 0.2) is 36.4 Å².